The molecule has 1 fully saturated rings. The lowest BCUT2D eigenvalue weighted by molar-refractivity contribution is 0.0240. The summed E-state index contributed by atoms with van der Waals surface area (Å²) in [5.74, 6) is 3.40. The van der Waals surface area contributed by atoms with Gasteiger partial charge < -0.3 is 34.1 Å². The molecular formula is C30H41N5O5. The predicted octanol–water partition coefficient (Wildman–Crippen LogP) is 5.50. The molecule has 1 aromatic heterocycles. The van der Waals surface area contributed by atoms with Crippen molar-refractivity contribution in [3.8, 4) is 17.2 Å². The molecule has 0 saturated carbocycles. The second-order valence-electron chi connectivity index (χ2n) is 10.7. The fourth-order valence-electron chi connectivity index (χ4n) is 4.39. The smallest absolute Gasteiger partial charge is 0.410 e. The zero-order valence-corrected chi connectivity index (χ0v) is 24.5. The topological polar surface area (TPSA) is 98.3 Å². The molecule has 2 heterocycles. The highest BCUT2D eigenvalue weighted by atomic mass is 16.6. The minimum Gasteiger partial charge on any atom is -0.497 e. The van der Waals surface area contributed by atoms with Crippen LogP contribution in [0, 0.1) is 0 Å². The summed E-state index contributed by atoms with van der Waals surface area (Å²) in [7, 11) is 3.29. The Morgan fingerprint density at radius 3 is 2.33 bits per heavy atom. The summed E-state index contributed by atoms with van der Waals surface area (Å²) in [6.45, 7) is 11.2. The molecule has 0 bridgehead atoms. The molecule has 1 saturated heterocycles. The molecule has 0 atom stereocenters. The lowest BCUT2D eigenvalue weighted by atomic mass is 10.1. The number of carbonyl (C=O) groups is 1. The number of hydrogen-bond donors (Lipinski definition) is 1. The highest BCUT2D eigenvalue weighted by Crippen LogP contribution is 2.36. The monoisotopic (exact) mass is 551 g/mol. The molecule has 0 spiro atoms. The van der Waals surface area contributed by atoms with Gasteiger partial charge in [-0.25, -0.2) is 9.78 Å². The Morgan fingerprint density at radius 1 is 0.975 bits per heavy atom. The van der Waals surface area contributed by atoms with Crippen LogP contribution in [0.25, 0.3) is 10.9 Å². The molecule has 1 aliphatic heterocycles. The summed E-state index contributed by atoms with van der Waals surface area (Å²) in [5.41, 5.74) is 1.30. The molecule has 0 unspecified atom stereocenters. The molecule has 4 rings (SSSR count). The predicted molar refractivity (Wildman–Crippen MR) is 157 cm³/mol. The molecule has 0 aliphatic carbocycles. The van der Waals surface area contributed by atoms with Crippen LogP contribution in [0.4, 0.5) is 16.6 Å². The van der Waals surface area contributed by atoms with Crippen molar-refractivity contribution < 1.29 is 23.7 Å². The number of fused-ring (bicyclic) bond motifs is 1. The number of rotatable bonds is 10. The first-order chi connectivity index (χ1) is 19.2. The van der Waals surface area contributed by atoms with Crippen molar-refractivity contribution >= 4 is 28.8 Å². The van der Waals surface area contributed by atoms with E-state index in [1.54, 1.807) is 19.1 Å². The van der Waals surface area contributed by atoms with E-state index in [-0.39, 0.29) is 6.09 Å². The summed E-state index contributed by atoms with van der Waals surface area (Å²) in [6.07, 6.45) is 1.70. The maximum Gasteiger partial charge on any atom is 0.410 e. The van der Waals surface area contributed by atoms with Gasteiger partial charge in [0.25, 0.3) is 0 Å². The van der Waals surface area contributed by atoms with E-state index in [4.69, 9.17) is 28.9 Å². The first kappa shape index (κ1) is 29.0. The van der Waals surface area contributed by atoms with Crippen LogP contribution in [0.2, 0.25) is 0 Å². The SMILES string of the molecule is CCCCOc1cc2nc(NCc3ccc(OC)cc3)nc(N3CCN(C(=O)OC(C)(C)C)CC3)c2cc1OC. The van der Waals surface area contributed by atoms with E-state index in [2.05, 4.69) is 17.1 Å². The Bertz CT molecular complexity index is 1280. The Morgan fingerprint density at radius 2 is 1.70 bits per heavy atom. The van der Waals surface area contributed by atoms with Crippen molar-refractivity contribution in [2.24, 2.45) is 0 Å². The molecule has 1 N–H and O–H groups in total. The summed E-state index contributed by atoms with van der Waals surface area (Å²) in [5, 5.41) is 4.24. The van der Waals surface area contributed by atoms with Crippen LogP contribution in [0.3, 0.4) is 0 Å². The summed E-state index contributed by atoms with van der Waals surface area (Å²) < 4.78 is 22.6. The molecule has 1 aliphatic rings. The van der Waals surface area contributed by atoms with Gasteiger partial charge in [0.15, 0.2) is 11.5 Å². The van der Waals surface area contributed by atoms with Crippen LogP contribution >= 0.6 is 0 Å². The fourth-order valence-corrected chi connectivity index (χ4v) is 4.39. The third-order valence-electron chi connectivity index (χ3n) is 6.56. The number of unbranched alkanes of at least 4 members (excludes halogenated alkanes) is 1. The minimum atomic E-state index is -0.533. The maximum atomic E-state index is 12.6. The molecule has 2 aromatic carbocycles. The lowest BCUT2D eigenvalue weighted by Gasteiger charge is -2.36. The number of nitrogens with one attached hydrogen (secondary N) is 1. The van der Waals surface area contributed by atoms with E-state index < -0.39 is 5.60 Å². The molecule has 0 radical (unpaired) electrons. The molecule has 10 nitrogen and oxygen atoms in total. The number of aromatic nitrogens is 2. The van der Waals surface area contributed by atoms with Gasteiger partial charge in [-0.05, 0) is 51.0 Å². The van der Waals surface area contributed by atoms with Crippen LogP contribution < -0.4 is 24.4 Å². The minimum absolute atomic E-state index is 0.294. The van der Waals surface area contributed by atoms with Crippen molar-refractivity contribution in [2.75, 3.05) is 57.2 Å². The Balaban J connectivity index is 1.62. The van der Waals surface area contributed by atoms with Crippen LogP contribution in [0.5, 0.6) is 17.2 Å². The zero-order chi connectivity index (χ0) is 28.7. The molecule has 10 heteroatoms. The highest BCUT2D eigenvalue weighted by molar-refractivity contribution is 5.93. The van der Waals surface area contributed by atoms with Gasteiger partial charge >= 0.3 is 6.09 Å². The Kier molecular flexibility index (Phi) is 9.39. The average Bonchev–Trinajstić information content (AvgIpc) is 2.95. The number of ether oxygens (including phenoxy) is 4. The standard InChI is InChI=1S/C30H41N5O5/c1-7-8-17-39-26-19-24-23(18-25(26)38-6)27(34-13-15-35(16-14-34)29(36)40-30(2,3)4)33-28(32-24)31-20-21-9-11-22(37-5)12-10-21/h9-12,18-19H,7-8,13-17,20H2,1-6H3,(H,31,32,33). The van der Waals surface area contributed by atoms with Gasteiger partial charge in [-0.15, -0.1) is 0 Å². The first-order valence-corrected chi connectivity index (χ1v) is 13.8. The molecule has 40 heavy (non-hydrogen) atoms. The average molecular weight is 552 g/mol. The number of hydrogen-bond acceptors (Lipinski definition) is 9. The van der Waals surface area contributed by atoms with E-state index in [0.717, 1.165) is 40.9 Å². The van der Waals surface area contributed by atoms with Crippen molar-refractivity contribution in [1.29, 1.82) is 0 Å². The van der Waals surface area contributed by atoms with Crippen molar-refractivity contribution in [3.63, 3.8) is 0 Å². The van der Waals surface area contributed by atoms with Crippen molar-refractivity contribution in [1.82, 2.24) is 14.9 Å². The van der Waals surface area contributed by atoms with Crippen LogP contribution in [-0.4, -0.2) is 73.6 Å². The van der Waals surface area contributed by atoms with Gasteiger partial charge in [0.1, 0.15) is 17.2 Å². The van der Waals surface area contributed by atoms with E-state index >= 15 is 0 Å². The Labute approximate surface area is 236 Å². The van der Waals surface area contributed by atoms with Crippen LogP contribution in [-0.2, 0) is 11.3 Å². The third kappa shape index (κ3) is 7.37. The van der Waals surface area contributed by atoms with Gasteiger partial charge in [-0.2, -0.15) is 4.98 Å². The molecule has 3 aromatic rings. The van der Waals surface area contributed by atoms with Gasteiger partial charge in [0.2, 0.25) is 5.95 Å². The van der Waals surface area contributed by atoms with E-state index in [9.17, 15) is 4.79 Å². The maximum absolute atomic E-state index is 12.6. The van der Waals surface area contributed by atoms with Crippen LogP contribution in [0.15, 0.2) is 36.4 Å². The van der Waals surface area contributed by atoms with Gasteiger partial charge in [-0.3, -0.25) is 0 Å². The zero-order valence-electron chi connectivity index (χ0n) is 24.5. The first-order valence-electron chi connectivity index (χ1n) is 13.8. The van der Waals surface area contributed by atoms with E-state index in [0.29, 0.717) is 56.8 Å². The highest BCUT2D eigenvalue weighted by Gasteiger charge is 2.28. The second kappa shape index (κ2) is 12.9. The van der Waals surface area contributed by atoms with E-state index in [1.165, 1.54) is 0 Å². The summed E-state index contributed by atoms with van der Waals surface area (Å²) in [4.78, 5) is 26.3. The van der Waals surface area contributed by atoms with Gasteiger partial charge in [0.05, 0.1) is 26.3 Å². The number of amides is 1. The largest absolute Gasteiger partial charge is 0.497 e. The summed E-state index contributed by atoms with van der Waals surface area (Å²) >= 11 is 0. The third-order valence-corrected chi connectivity index (χ3v) is 6.56. The molecule has 216 valence electrons. The fraction of sp³-hybridized carbons (Fsp3) is 0.500. The molecular weight excluding hydrogens is 510 g/mol. The number of benzene rings is 2. The van der Waals surface area contributed by atoms with Crippen LogP contribution in [0.1, 0.15) is 46.1 Å². The number of nitrogens with zero attached hydrogens (tertiary/aromatic N) is 4. The number of piperazine rings is 1. The normalized spacial score (nSPS) is 13.8. The van der Waals surface area contributed by atoms with Crippen molar-refractivity contribution in [3.05, 3.63) is 42.0 Å². The quantitative estimate of drug-likeness (QED) is 0.328. The van der Waals surface area contributed by atoms with E-state index in [1.807, 2.05) is 57.2 Å². The number of anilines is 2. The van der Waals surface area contributed by atoms with Crippen molar-refractivity contribution in [2.45, 2.75) is 52.7 Å². The Hall–Kier alpha value is -3.95. The molecule has 1 amide bonds. The second-order valence-corrected chi connectivity index (χ2v) is 10.7. The van der Waals surface area contributed by atoms with Gasteiger partial charge in [-0.1, -0.05) is 25.5 Å². The number of methoxy groups -OCH3 is 2. The number of carbonyl (C=O) groups excluding carboxylic acids is 1. The lowest BCUT2D eigenvalue weighted by Crippen LogP contribution is -2.50. The summed E-state index contributed by atoms with van der Waals surface area (Å²) in [6, 6.07) is 11.7. The van der Waals surface area contributed by atoms with Gasteiger partial charge in [0, 0.05) is 44.2 Å².